The van der Waals surface area contributed by atoms with Gasteiger partial charge in [-0.05, 0) is 48.7 Å². The van der Waals surface area contributed by atoms with E-state index >= 15 is 0 Å². The van der Waals surface area contributed by atoms with E-state index in [1.54, 1.807) is 36.4 Å². The highest BCUT2D eigenvalue weighted by Gasteiger charge is 2.39. The van der Waals surface area contributed by atoms with Crippen molar-refractivity contribution in [1.29, 1.82) is 0 Å². The van der Waals surface area contributed by atoms with Gasteiger partial charge in [-0.1, -0.05) is 48.0 Å². The average molecular weight is 422 g/mol. The number of anilines is 1. The van der Waals surface area contributed by atoms with Crippen LogP contribution in [0.2, 0.25) is 0 Å². The van der Waals surface area contributed by atoms with Crippen LogP contribution >= 0.6 is 0 Å². The van der Waals surface area contributed by atoms with E-state index in [0.29, 0.717) is 23.4 Å². The standard InChI is InChI=1S/C24H23NO4S/c1-17-8-10-20(11-9-17)30(27,28)25-15-19(14-18-6-4-3-5-7-18)24-21(16-26)23(29-2)13-12-22(24)25/h3-13,16,19H,14-15H2,1-2H3/t19-/m0/s1. The Balaban J connectivity index is 1.84. The number of hydrogen-bond acceptors (Lipinski definition) is 4. The van der Waals surface area contributed by atoms with E-state index in [0.717, 1.165) is 23.0 Å². The number of carbonyl (C=O) groups is 1. The van der Waals surface area contributed by atoms with Gasteiger partial charge in [0.15, 0.2) is 6.29 Å². The lowest BCUT2D eigenvalue weighted by atomic mass is 9.90. The molecule has 1 atom stereocenters. The van der Waals surface area contributed by atoms with Crippen molar-refractivity contribution in [2.24, 2.45) is 0 Å². The molecule has 0 radical (unpaired) electrons. The number of nitrogens with zero attached hydrogens (tertiary/aromatic N) is 1. The highest BCUT2D eigenvalue weighted by atomic mass is 32.2. The normalized spacial score (nSPS) is 15.7. The first-order valence-corrected chi connectivity index (χ1v) is 11.2. The minimum atomic E-state index is -3.76. The van der Waals surface area contributed by atoms with Crippen molar-refractivity contribution in [3.63, 3.8) is 0 Å². The Morgan fingerprint density at radius 3 is 2.37 bits per heavy atom. The Hall–Kier alpha value is -3.12. The predicted octanol–water partition coefficient (Wildman–Crippen LogP) is 4.35. The molecule has 0 aliphatic carbocycles. The minimum Gasteiger partial charge on any atom is -0.496 e. The maximum atomic E-state index is 13.5. The summed E-state index contributed by atoms with van der Waals surface area (Å²) in [7, 11) is -2.25. The Morgan fingerprint density at radius 2 is 1.73 bits per heavy atom. The zero-order valence-corrected chi connectivity index (χ0v) is 17.7. The first kappa shape index (κ1) is 20.2. The molecule has 6 heteroatoms. The predicted molar refractivity (Wildman–Crippen MR) is 117 cm³/mol. The summed E-state index contributed by atoms with van der Waals surface area (Å²) >= 11 is 0. The molecular weight excluding hydrogens is 398 g/mol. The molecule has 0 amide bonds. The van der Waals surface area contributed by atoms with Gasteiger partial charge in [0.25, 0.3) is 10.0 Å². The van der Waals surface area contributed by atoms with Gasteiger partial charge >= 0.3 is 0 Å². The van der Waals surface area contributed by atoms with Gasteiger partial charge < -0.3 is 4.74 Å². The van der Waals surface area contributed by atoms with Gasteiger partial charge in [0.1, 0.15) is 5.75 Å². The van der Waals surface area contributed by atoms with Crippen LogP contribution in [0.5, 0.6) is 5.75 Å². The molecule has 154 valence electrons. The van der Waals surface area contributed by atoms with Gasteiger partial charge in [-0.25, -0.2) is 8.42 Å². The van der Waals surface area contributed by atoms with Crippen LogP contribution in [0.4, 0.5) is 5.69 Å². The Labute approximate surface area is 177 Å². The summed E-state index contributed by atoms with van der Waals surface area (Å²) in [4.78, 5) is 12.2. The number of aldehydes is 1. The number of fused-ring (bicyclic) bond motifs is 1. The summed E-state index contributed by atoms with van der Waals surface area (Å²) in [5.41, 5.74) is 3.76. The third kappa shape index (κ3) is 3.48. The zero-order valence-electron chi connectivity index (χ0n) is 16.9. The number of aryl methyl sites for hydroxylation is 1. The van der Waals surface area contributed by atoms with E-state index in [1.165, 1.54) is 11.4 Å². The Bertz CT molecular complexity index is 1170. The fourth-order valence-electron chi connectivity index (χ4n) is 4.07. The Morgan fingerprint density at radius 1 is 1.03 bits per heavy atom. The molecule has 5 nitrogen and oxygen atoms in total. The number of ether oxygens (including phenoxy) is 1. The van der Waals surface area contributed by atoms with Gasteiger partial charge in [-0.2, -0.15) is 0 Å². The lowest BCUT2D eigenvalue weighted by molar-refractivity contribution is 0.111. The topological polar surface area (TPSA) is 63.7 Å². The number of rotatable bonds is 6. The number of benzene rings is 3. The molecule has 30 heavy (non-hydrogen) atoms. The highest BCUT2D eigenvalue weighted by Crippen LogP contribution is 2.45. The fraction of sp³-hybridized carbons (Fsp3) is 0.208. The molecule has 0 N–H and O–H groups in total. The van der Waals surface area contributed by atoms with Gasteiger partial charge in [0, 0.05) is 12.5 Å². The maximum Gasteiger partial charge on any atom is 0.264 e. The van der Waals surface area contributed by atoms with Crippen LogP contribution < -0.4 is 9.04 Å². The fourth-order valence-corrected chi connectivity index (χ4v) is 5.60. The molecule has 0 saturated heterocycles. The zero-order chi connectivity index (χ0) is 21.3. The summed E-state index contributed by atoms with van der Waals surface area (Å²) in [5, 5.41) is 0. The summed E-state index contributed by atoms with van der Waals surface area (Å²) in [6.45, 7) is 2.19. The van der Waals surface area contributed by atoms with Crippen LogP contribution in [-0.4, -0.2) is 28.4 Å². The van der Waals surface area contributed by atoms with Gasteiger partial charge in [0.05, 0.1) is 23.3 Å². The summed E-state index contributed by atoms with van der Waals surface area (Å²) in [6, 6.07) is 20.1. The van der Waals surface area contributed by atoms with E-state index in [2.05, 4.69) is 0 Å². The molecule has 0 bridgehead atoms. The van der Waals surface area contributed by atoms with Crippen molar-refractivity contribution >= 4 is 22.0 Å². The number of sulfonamides is 1. The molecule has 0 fully saturated rings. The van der Waals surface area contributed by atoms with Crippen LogP contribution in [-0.2, 0) is 16.4 Å². The SMILES string of the molecule is COc1ccc2c(c1C=O)[C@@H](Cc1ccccc1)CN2S(=O)(=O)c1ccc(C)cc1. The van der Waals surface area contributed by atoms with Gasteiger partial charge in [-0.15, -0.1) is 0 Å². The van der Waals surface area contributed by atoms with Crippen molar-refractivity contribution < 1.29 is 17.9 Å². The van der Waals surface area contributed by atoms with Crippen molar-refractivity contribution in [1.82, 2.24) is 0 Å². The van der Waals surface area contributed by atoms with Crippen LogP contribution in [0.3, 0.4) is 0 Å². The number of hydrogen-bond donors (Lipinski definition) is 0. The van der Waals surface area contributed by atoms with Crippen LogP contribution in [0.15, 0.2) is 71.6 Å². The summed E-state index contributed by atoms with van der Waals surface area (Å²) in [6.07, 6.45) is 1.39. The quantitative estimate of drug-likeness (QED) is 0.555. The van der Waals surface area contributed by atoms with E-state index in [9.17, 15) is 13.2 Å². The molecule has 1 aliphatic rings. The molecule has 0 saturated carbocycles. The van der Waals surface area contributed by atoms with Gasteiger partial charge in [-0.3, -0.25) is 9.10 Å². The van der Waals surface area contributed by atoms with Crippen LogP contribution in [0, 0.1) is 6.92 Å². The maximum absolute atomic E-state index is 13.5. The largest absolute Gasteiger partial charge is 0.496 e. The first-order chi connectivity index (χ1) is 14.5. The van der Waals surface area contributed by atoms with E-state index in [-0.39, 0.29) is 17.4 Å². The van der Waals surface area contributed by atoms with E-state index < -0.39 is 10.0 Å². The summed E-state index contributed by atoms with van der Waals surface area (Å²) in [5.74, 6) is 0.300. The molecule has 1 heterocycles. The van der Waals surface area contributed by atoms with Crippen LogP contribution in [0.25, 0.3) is 0 Å². The molecule has 0 spiro atoms. The van der Waals surface area contributed by atoms with E-state index in [1.807, 2.05) is 37.3 Å². The van der Waals surface area contributed by atoms with E-state index in [4.69, 9.17) is 4.74 Å². The highest BCUT2D eigenvalue weighted by molar-refractivity contribution is 7.92. The molecule has 4 rings (SSSR count). The molecular formula is C24H23NO4S. The number of methoxy groups -OCH3 is 1. The third-order valence-corrected chi connectivity index (χ3v) is 7.35. The molecule has 3 aromatic rings. The smallest absolute Gasteiger partial charge is 0.264 e. The molecule has 0 aromatic heterocycles. The third-order valence-electron chi connectivity index (χ3n) is 5.56. The second-order valence-electron chi connectivity index (χ2n) is 7.47. The molecule has 0 unspecified atom stereocenters. The average Bonchev–Trinajstić information content (AvgIpc) is 3.13. The minimum absolute atomic E-state index is 0.155. The van der Waals surface area contributed by atoms with Gasteiger partial charge in [0.2, 0.25) is 0 Å². The molecule has 3 aromatic carbocycles. The van der Waals surface area contributed by atoms with Crippen molar-refractivity contribution in [2.75, 3.05) is 18.0 Å². The molecule has 1 aliphatic heterocycles. The lowest BCUT2D eigenvalue weighted by Crippen LogP contribution is -2.30. The van der Waals surface area contributed by atoms with Crippen molar-refractivity contribution in [3.05, 3.63) is 89.0 Å². The van der Waals surface area contributed by atoms with Crippen molar-refractivity contribution in [3.8, 4) is 5.75 Å². The second-order valence-corrected chi connectivity index (χ2v) is 9.33. The first-order valence-electron chi connectivity index (χ1n) is 9.75. The number of carbonyl (C=O) groups excluding carboxylic acids is 1. The van der Waals surface area contributed by atoms with Crippen molar-refractivity contribution in [2.45, 2.75) is 24.2 Å². The Kier molecular flexibility index (Phi) is 5.35. The summed E-state index contributed by atoms with van der Waals surface area (Å²) < 4.78 is 33.7. The lowest BCUT2D eigenvalue weighted by Gasteiger charge is -2.20. The van der Waals surface area contributed by atoms with Crippen LogP contribution in [0.1, 0.15) is 33.0 Å². The second kappa shape index (κ2) is 7.95. The monoisotopic (exact) mass is 421 g/mol.